The van der Waals surface area contributed by atoms with E-state index in [9.17, 15) is 0 Å². The zero-order valence-corrected chi connectivity index (χ0v) is 15.5. The van der Waals surface area contributed by atoms with Crippen LogP contribution >= 0.6 is 0 Å². The summed E-state index contributed by atoms with van der Waals surface area (Å²) in [4.78, 5) is 4.44. The van der Waals surface area contributed by atoms with Gasteiger partial charge in [-0.05, 0) is 47.6 Å². The molecule has 6 heteroatoms. The molecule has 1 unspecified atom stereocenters. The second-order valence-electron chi connectivity index (χ2n) is 7.99. The summed E-state index contributed by atoms with van der Waals surface area (Å²) in [7, 11) is -0.389. The van der Waals surface area contributed by atoms with Crippen molar-refractivity contribution in [2.75, 3.05) is 0 Å². The maximum Gasteiger partial charge on any atom is 0.496 e. The molecule has 0 bridgehead atoms. The lowest BCUT2D eigenvalue weighted by Gasteiger charge is -2.32. The Hall–Kier alpha value is -1.11. The Morgan fingerprint density at radius 1 is 1.04 bits per heavy atom. The number of ether oxygens (including phenoxy) is 2. The highest BCUT2D eigenvalue weighted by atomic mass is 16.7. The zero-order chi connectivity index (χ0) is 17.5. The Kier molecular flexibility index (Phi) is 4.66. The highest BCUT2D eigenvalue weighted by Gasteiger charge is 2.51. The highest BCUT2D eigenvalue weighted by Crippen LogP contribution is 2.36. The molecule has 0 saturated carbocycles. The van der Waals surface area contributed by atoms with Crippen LogP contribution in [0.5, 0.6) is 5.88 Å². The van der Waals surface area contributed by atoms with Crippen molar-refractivity contribution in [1.82, 2.24) is 4.98 Å². The maximum atomic E-state index is 6.05. The van der Waals surface area contributed by atoms with E-state index in [2.05, 4.69) is 18.8 Å². The first kappa shape index (κ1) is 17.7. The molecule has 3 heterocycles. The summed E-state index contributed by atoms with van der Waals surface area (Å²) in [6, 6.07) is 3.86. The molecule has 1 aromatic heterocycles. The molecule has 0 amide bonds. The SMILES string of the molecule is C[C@@H]1CC(Oc2ccc(B3OC(C)(C)C(C)(C)O3)cn2)C[C@H](C)O1. The first-order valence-electron chi connectivity index (χ1n) is 8.80. The van der Waals surface area contributed by atoms with E-state index >= 15 is 0 Å². The Morgan fingerprint density at radius 3 is 2.12 bits per heavy atom. The van der Waals surface area contributed by atoms with Crippen molar-refractivity contribution in [3.63, 3.8) is 0 Å². The van der Waals surface area contributed by atoms with Gasteiger partial charge in [0, 0.05) is 24.5 Å². The fraction of sp³-hybridized carbons (Fsp3) is 0.722. The quantitative estimate of drug-likeness (QED) is 0.796. The van der Waals surface area contributed by atoms with E-state index in [1.54, 1.807) is 6.20 Å². The molecular formula is C18H28BNO4. The van der Waals surface area contributed by atoms with Gasteiger partial charge in [-0.1, -0.05) is 6.07 Å². The van der Waals surface area contributed by atoms with E-state index in [4.69, 9.17) is 18.8 Å². The third-order valence-corrected chi connectivity index (χ3v) is 5.23. The summed E-state index contributed by atoms with van der Waals surface area (Å²) in [5.41, 5.74) is 0.220. The van der Waals surface area contributed by atoms with Gasteiger partial charge < -0.3 is 18.8 Å². The van der Waals surface area contributed by atoms with Gasteiger partial charge in [-0.15, -0.1) is 0 Å². The third-order valence-electron chi connectivity index (χ3n) is 5.23. The minimum absolute atomic E-state index is 0.152. The summed E-state index contributed by atoms with van der Waals surface area (Å²) in [6.45, 7) is 12.4. The van der Waals surface area contributed by atoms with Crippen LogP contribution in [0.3, 0.4) is 0 Å². The van der Waals surface area contributed by atoms with Gasteiger partial charge in [0.2, 0.25) is 5.88 Å². The van der Waals surface area contributed by atoms with Crippen molar-refractivity contribution in [2.24, 2.45) is 0 Å². The molecule has 2 aliphatic heterocycles. The average Bonchev–Trinajstić information content (AvgIpc) is 2.67. The Labute approximate surface area is 145 Å². The fourth-order valence-corrected chi connectivity index (χ4v) is 3.19. The molecular weight excluding hydrogens is 305 g/mol. The number of hydrogen-bond acceptors (Lipinski definition) is 5. The number of nitrogens with zero attached hydrogens (tertiary/aromatic N) is 1. The lowest BCUT2D eigenvalue weighted by Crippen LogP contribution is -2.41. The first-order valence-corrected chi connectivity index (χ1v) is 8.80. The second-order valence-corrected chi connectivity index (χ2v) is 7.99. The number of hydrogen-bond donors (Lipinski definition) is 0. The van der Waals surface area contributed by atoms with E-state index in [0.717, 1.165) is 18.3 Å². The van der Waals surface area contributed by atoms with Crippen molar-refractivity contribution in [1.29, 1.82) is 0 Å². The van der Waals surface area contributed by atoms with Crippen molar-refractivity contribution in [3.8, 4) is 5.88 Å². The van der Waals surface area contributed by atoms with Crippen LogP contribution in [0.2, 0.25) is 0 Å². The van der Waals surface area contributed by atoms with Crippen LogP contribution in [0.25, 0.3) is 0 Å². The molecule has 132 valence electrons. The van der Waals surface area contributed by atoms with Crippen molar-refractivity contribution < 1.29 is 18.8 Å². The van der Waals surface area contributed by atoms with Gasteiger partial charge in [-0.25, -0.2) is 4.98 Å². The number of pyridine rings is 1. The van der Waals surface area contributed by atoms with Crippen LogP contribution in [0, 0.1) is 0 Å². The van der Waals surface area contributed by atoms with Gasteiger partial charge in [0.15, 0.2) is 0 Å². The molecule has 0 N–H and O–H groups in total. The van der Waals surface area contributed by atoms with E-state index in [0.29, 0.717) is 5.88 Å². The molecule has 0 aromatic carbocycles. The van der Waals surface area contributed by atoms with Crippen LogP contribution in [-0.4, -0.2) is 41.6 Å². The molecule has 3 atom stereocenters. The highest BCUT2D eigenvalue weighted by molar-refractivity contribution is 6.62. The largest absolute Gasteiger partial charge is 0.496 e. The van der Waals surface area contributed by atoms with Crippen LogP contribution in [0.1, 0.15) is 54.4 Å². The minimum atomic E-state index is -0.389. The van der Waals surface area contributed by atoms with Gasteiger partial charge in [0.1, 0.15) is 6.10 Å². The Morgan fingerprint density at radius 2 is 1.62 bits per heavy atom. The summed E-state index contributed by atoms with van der Waals surface area (Å²) in [6.07, 6.45) is 4.17. The fourth-order valence-electron chi connectivity index (χ4n) is 3.19. The van der Waals surface area contributed by atoms with Crippen molar-refractivity contribution in [3.05, 3.63) is 18.3 Å². The van der Waals surface area contributed by atoms with Crippen LogP contribution in [-0.2, 0) is 14.0 Å². The number of aromatic nitrogens is 1. The minimum Gasteiger partial charge on any atom is -0.474 e. The van der Waals surface area contributed by atoms with Crippen LogP contribution in [0.15, 0.2) is 18.3 Å². The standard InChI is InChI=1S/C18H28BNO4/c1-12-9-15(10-13(2)21-12)22-16-8-7-14(11-20-16)19-23-17(3,4)18(5,6)24-19/h7-8,11-13,15H,9-10H2,1-6H3/t12-,13+,15?. The van der Waals surface area contributed by atoms with E-state index < -0.39 is 0 Å². The predicted molar refractivity (Wildman–Crippen MR) is 93.6 cm³/mol. The Balaban J connectivity index is 1.64. The molecule has 24 heavy (non-hydrogen) atoms. The van der Waals surface area contributed by atoms with E-state index in [1.807, 2.05) is 39.8 Å². The van der Waals surface area contributed by atoms with E-state index in [1.165, 1.54) is 0 Å². The Bertz CT molecular complexity index is 549. The normalized spacial score (nSPS) is 31.9. The lowest BCUT2D eigenvalue weighted by molar-refractivity contribution is -0.0729. The third kappa shape index (κ3) is 3.61. The predicted octanol–water partition coefficient (Wildman–Crippen LogP) is 2.72. The van der Waals surface area contributed by atoms with E-state index in [-0.39, 0.29) is 36.6 Å². The van der Waals surface area contributed by atoms with Crippen LogP contribution in [0.4, 0.5) is 0 Å². The van der Waals surface area contributed by atoms with Gasteiger partial charge >= 0.3 is 7.12 Å². The smallest absolute Gasteiger partial charge is 0.474 e. The monoisotopic (exact) mass is 333 g/mol. The number of rotatable bonds is 3. The van der Waals surface area contributed by atoms with Crippen molar-refractivity contribution >= 4 is 12.6 Å². The zero-order valence-electron chi connectivity index (χ0n) is 15.5. The van der Waals surface area contributed by atoms with Gasteiger partial charge in [-0.2, -0.15) is 0 Å². The molecule has 2 saturated heterocycles. The molecule has 5 nitrogen and oxygen atoms in total. The van der Waals surface area contributed by atoms with Gasteiger partial charge in [-0.3, -0.25) is 0 Å². The van der Waals surface area contributed by atoms with Gasteiger partial charge in [0.25, 0.3) is 0 Å². The summed E-state index contributed by atoms with van der Waals surface area (Å²) in [5.74, 6) is 0.640. The molecule has 3 rings (SSSR count). The lowest BCUT2D eigenvalue weighted by atomic mass is 9.80. The molecule has 1 aromatic rings. The molecule has 0 aliphatic carbocycles. The summed E-state index contributed by atoms with van der Waals surface area (Å²) in [5, 5.41) is 0. The molecule has 0 spiro atoms. The molecule has 0 radical (unpaired) electrons. The first-order chi connectivity index (χ1) is 11.2. The van der Waals surface area contributed by atoms with Crippen molar-refractivity contribution in [2.45, 2.75) is 83.9 Å². The summed E-state index contributed by atoms with van der Waals surface area (Å²) < 4.78 is 23.9. The molecule has 2 fully saturated rings. The summed E-state index contributed by atoms with van der Waals surface area (Å²) >= 11 is 0. The molecule has 2 aliphatic rings. The van der Waals surface area contributed by atoms with Gasteiger partial charge in [0.05, 0.1) is 23.4 Å². The van der Waals surface area contributed by atoms with Crippen LogP contribution < -0.4 is 10.2 Å². The second kappa shape index (κ2) is 6.32. The topological polar surface area (TPSA) is 49.8 Å². The average molecular weight is 333 g/mol. The maximum absolute atomic E-state index is 6.05.